The molecule has 1 atom stereocenters. The number of aryl methyl sites for hydroxylation is 1. The van der Waals surface area contributed by atoms with Crippen molar-refractivity contribution >= 4 is 17.6 Å². The summed E-state index contributed by atoms with van der Waals surface area (Å²) in [4.78, 5) is 10.3. The summed E-state index contributed by atoms with van der Waals surface area (Å²) in [5, 5.41) is 18.1. The number of aliphatic hydroxyl groups is 1. The summed E-state index contributed by atoms with van der Waals surface area (Å²) in [5.41, 5.74) is 0.967. The van der Waals surface area contributed by atoms with Gasteiger partial charge >= 0.3 is 5.97 Å². The van der Waals surface area contributed by atoms with Crippen LogP contribution in [-0.2, 0) is 11.2 Å². The van der Waals surface area contributed by atoms with Crippen molar-refractivity contribution in [3.63, 3.8) is 0 Å². The quantitative estimate of drug-likeness (QED) is 0.803. The maximum Gasteiger partial charge on any atom is 0.332 e. The SMILES string of the molecule is O=C(O)[C@H](O)CCc1ccc(Cl)cc1. The van der Waals surface area contributed by atoms with E-state index in [-0.39, 0.29) is 6.42 Å². The first-order chi connectivity index (χ1) is 6.59. The number of rotatable bonds is 4. The van der Waals surface area contributed by atoms with Gasteiger partial charge in [-0.25, -0.2) is 4.79 Å². The minimum absolute atomic E-state index is 0.219. The second kappa shape index (κ2) is 4.98. The molecule has 0 radical (unpaired) electrons. The average Bonchev–Trinajstić information content (AvgIpc) is 2.16. The van der Waals surface area contributed by atoms with Gasteiger partial charge in [-0.05, 0) is 30.5 Å². The summed E-state index contributed by atoms with van der Waals surface area (Å²) in [6.07, 6.45) is -0.535. The van der Waals surface area contributed by atoms with Crippen LogP contribution in [0.4, 0.5) is 0 Å². The summed E-state index contributed by atoms with van der Waals surface area (Å²) in [7, 11) is 0. The van der Waals surface area contributed by atoms with E-state index in [9.17, 15) is 4.79 Å². The van der Waals surface area contributed by atoms with E-state index in [1.165, 1.54) is 0 Å². The highest BCUT2D eigenvalue weighted by Crippen LogP contribution is 2.11. The Morgan fingerprint density at radius 3 is 2.43 bits per heavy atom. The standard InChI is InChI=1S/C10H11ClO3/c11-8-4-1-7(2-5-8)3-6-9(12)10(13)14/h1-2,4-5,9,12H,3,6H2,(H,13,14)/t9-/m1/s1. The van der Waals surface area contributed by atoms with Crippen LogP contribution in [0.1, 0.15) is 12.0 Å². The Kier molecular flexibility index (Phi) is 3.92. The lowest BCUT2D eigenvalue weighted by Crippen LogP contribution is -2.19. The van der Waals surface area contributed by atoms with Crippen LogP contribution in [0.2, 0.25) is 5.02 Å². The average molecular weight is 215 g/mol. The molecular formula is C10H11ClO3. The van der Waals surface area contributed by atoms with Gasteiger partial charge in [0.25, 0.3) is 0 Å². The highest BCUT2D eigenvalue weighted by Gasteiger charge is 2.12. The molecule has 14 heavy (non-hydrogen) atoms. The Labute approximate surface area is 86.9 Å². The van der Waals surface area contributed by atoms with E-state index in [4.69, 9.17) is 21.8 Å². The minimum atomic E-state index is -1.29. The van der Waals surface area contributed by atoms with Crippen LogP contribution >= 0.6 is 11.6 Å². The smallest absolute Gasteiger partial charge is 0.332 e. The number of carboxylic acid groups (broad SMARTS) is 1. The molecular weight excluding hydrogens is 204 g/mol. The zero-order valence-corrected chi connectivity index (χ0v) is 8.24. The molecule has 4 heteroatoms. The van der Waals surface area contributed by atoms with Gasteiger partial charge in [-0.2, -0.15) is 0 Å². The van der Waals surface area contributed by atoms with Gasteiger partial charge in [0.15, 0.2) is 6.10 Å². The lowest BCUT2D eigenvalue weighted by atomic mass is 10.1. The first kappa shape index (κ1) is 11.0. The number of benzene rings is 1. The Bertz CT molecular complexity index is 308. The van der Waals surface area contributed by atoms with E-state index in [1.807, 2.05) is 12.1 Å². The lowest BCUT2D eigenvalue weighted by molar-refractivity contribution is -0.146. The minimum Gasteiger partial charge on any atom is -0.479 e. The second-order valence-corrected chi connectivity index (χ2v) is 3.46. The molecule has 1 rings (SSSR count). The van der Waals surface area contributed by atoms with Crippen LogP contribution in [0.25, 0.3) is 0 Å². The van der Waals surface area contributed by atoms with Gasteiger partial charge in [-0.3, -0.25) is 0 Å². The molecule has 0 unspecified atom stereocenters. The number of hydrogen-bond acceptors (Lipinski definition) is 2. The molecule has 76 valence electrons. The van der Waals surface area contributed by atoms with Crippen molar-refractivity contribution in [2.75, 3.05) is 0 Å². The van der Waals surface area contributed by atoms with Gasteiger partial charge in [0, 0.05) is 5.02 Å². The molecule has 0 aliphatic rings. The molecule has 0 aliphatic heterocycles. The summed E-state index contributed by atoms with van der Waals surface area (Å²) in [6, 6.07) is 7.11. The van der Waals surface area contributed by atoms with Crippen molar-refractivity contribution in [1.82, 2.24) is 0 Å². The Morgan fingerprint density at radius 2 is 1.93 bits per heavy atom. The van der Waals surface area contributed by atoms with Crippen LogP contribution in [0.15, 0.2) is 24.3 Å². The van der Waals surface area contributed by atoms with Gasteiger partial charge in [0.2, 0.25) is 0 Å². The fraction of sp³-hybridized carbons (Fsp3) is 0.300. The molecule has 0 bridgehead atoms. The molecule has 3 nitrogen and oxygen atoms in total. The van der Waals surface area contributed by atoms with Gasteiger partial charge < -0.3 is 10.2 Å². The first-order valence-electron chi connectivity index (χ1n) is 4.25. The van der Waals surface area contributed by atoms with Crippen LogP contribution in [0.3, 0.4) is 0 Å². The largest absolute Gasteiger partial charge is 0.479 e. The van der Waals surface area contributed by atoms with Crippen molar-refractivity contribution in [3.05, 3.63) is 34.9 Å². The molecule has 0 heterocycles. The Hall–Kier alpha value is -1.06. The molecule has 0 spiro atoms. The monoisotopic (exact) mass is 214 g/mol. The molecule has 1 aromatic carbocycles. The second-order valence-electron chi connectivity index (χ2n) is 3.02. The molecule has 0 saturated carbocycles. The summed E-state index contributed by atoms with van der Waals surface area (Å²) in [6.45, 7) is 0. The van der Waals surface area contributed by atoms with Crippen molar-refractivity contribution in [3.8, 4) is 0 Å². The van der Waals surface area contributed by atoms with E-state index in [0.29, 0.717) is 11.4 Å². The third-order valence-electron chi connectivity index (χ3n) is 1.90. The first-order valence-corrected chi connectivity index (χ1v) is 4.62. The molecule has 1 aromatic rings. The van der Waals surface area contributed by atoms with Crippen LogP contribution in [0.5, 0.6) is 0 Å². The van der Waals surface area contributed by atoms with Gasteiger partial charge in [-0.1, -0.05) is 23.7 Å². The number of carboxylic acids is 1. The summed E-state index contributed by atoms with van der Waals surface area (Å²) in [5.74, 6) is -1.18. The van der Waals surface area contributed by atoms with Crippen molar-refractivity contribution in [2.24, 2.45) is 0 Å². The molecule has 0 saturated heterocycles. The van der Waals surface area contributed by atoms with E-state index < -0.39 is 12.1 Å². The van der Waals surface area contributed by atoms with Crippen molar-refractivity contribution in [2.45, 2.75) is 18.9 Å². The molecule has 0 amide bonds. The van der Waals surface area contributed by atoms with Crippen LogP contribution in [0, 0.1) is 0 Å². The number of aliphatic hydroxyl groups excluding tert-OH is 1. The highest BCUT2D eigenvalue weighted by atomic mass is 35.5. The third-order valence-corrected chi connectivity index (χ3v) is 2.16. The van der Waals surface area contributed by atoms with Crippen LogP contribution < -0.4 is 0 Å². The molecule has 0 aliphatic carbocycles. The summed E-state index contributed by atoms with van der Waals surface area (Å²) < 4.78 is 0. The predicted molar refractivity (Wildman–Crippen MR) is 53.4 cm³/mol. The number of carbonyl (C=O) groups is 1. The molecule has 0 fully saturated rings. The van der Waals surface area contributed by atoms with Crippen molar-refractivity contribution < 1.29 is 15.0 Å². The fourth-order valence-electron chi connectivity index (χ4n) is 1.08. The number of hydrogen-bond donors (Lipinski definition) is 2. The van der Waals surface area contributed by atoms with E-state index in [2.05, 4.69) is 0 Å². The van der Waals surface area contributed by atoms with E-state index >= 15 is 0 Å². The van der Waals surface area contributed by atoms with Gasteiger partial charge in [0.1, 0.15) is 0 Å². The zero-order chi connectivity index (χ0) is 10.6. The Morgan fingerprint density at radius 1 is 1.36 bits per heavy atom. The zero-order valence-electron chi connectivity index (χ0n) is 7.48. The third kappa shape index (κ3) is 3.36. The lowest BCUT2D eigenvalue weighted by Gasteiger charge is -2.04. The number of aliphatic carboxylic acids is 1. The van der Waals surface area contributed by atoms with E-state index in [0.717, 1.165) is 5.56 Å². The van der Waals surface area contributed by atoms with E-state index in [1.54, 1.807) is 12.1 Å². The molecule has 2 N–H and O–H groups in total. The number of halogens is 1. The summed E-state index contributed by atoms with van der Waals surface area (Å²) >= 11 is 5.68. The maximum atomic E-state index is 10.3. The maximum absolute atomic E-state index is 10.3. The van der Waals surface area contributed by atoms with Gasteiger partial charge in [-0.15, -0.1) is 0 Å². The highest BCUT2D eigenvalue weighted by molar-refractivity contribution is 6.30. The normalized spacial score (nSPS) is 12.4. The van der Waals surface area contributed by atoms with Gasteiger partial charge in [0.05, 0.1) is 0 Å². The van der Waals surface area contributed by atoms with Crippen LogP contribution in [-0.4, -0.2) is 22.3 Å². The molecule has 0 aromatic heterocycles. The Balaban J connectivity index is 2.46. The fourth-order valence-corrected chi connectivity index (χ4v) is 1.20. The topological polar surface area (TPSA) is 57.5 Å². The van der Waals surface area contributed by atoms with Crippen molar-refractivity contribution in [1.29, 1.82) is 0 Å². The predicted octanol–water partition coefficient (Wildman–Crippen LogP) is 1.72.